The van der Waals surface area contributed by atoms with E-state index in [0.29, 0.717) is 21.4 Å². The lowest BCUT2D eigenvalue weighted by atomic mass is 10.1. The van der Waals surface area contributed by atoms with Gasteiger partial charge < -0.3 is 10.6 Å². The highest BCUT2D eigenvalue weighted by molar-refractivity contribution is 9.10. The summed E-state index contributed by atoms with van der Waals surface area (Å²) < 4.78 is 2.44. The van der Waals surface area contributed by atoms with Crippen LogP contribution in [0.15, 0.2) is 29.0 Å². The van der Waals surface area contributed by atoms with Crippen LogP contribution in [0.5, 0.6) is 0 Å². The Morgan fingerprint density at radius 1 is 1.45 bits per heavy atom. The van der Waals surface area contributed by atoms with Crippen LogP contribution in [0, 0.1) is 0 Å². The summed E-state index contributed by atoms with van der Waals surface area (Å²) >= 11 is 3.40. The first-order valence-corrected chi connectivity index (χ1v) is 6.70. The van der Waals surface area contributed by atoms with Crippen molar-refractivity contribution in [2.24, 2.45) is 5.73 Å². The molecular weight excluding hydrogens is 324 g/mol. The average Bonchev–Trinajstić information content (AvgIpc) is 2.77. The first-order valence-electron chi connectivity index (χ1n) is 5.91. The molecule has 2 aromatic rings. The predicted octanol–water partition coefficient (Wildman–Crippen LogP) is 1.32. The van der Waals surface area contributed by atoms with Gasteiger partial charge in [-0.3, -0.25) is 14.2 Å². The summed E-state index contributed by atoms with van der Waals surface area (Å²) in [6.45, 7) is 0.276. The molecule has 20 heavy (non-hydrogen) atoms. The molecule has 1 aliphatic heterocycles. The Bertz CT molecular complexity index is 738. The third-order valence-electron chi connectivity index (χ3n) is 3.30. The Balaban J connectivity index is 2.35. The lowest BCUT2D eigenvalue weighted by molar-refractivity contribution is 0.0784. The number of nitrogens with zero attached hydrogens (tertiary/aromatic N) is 3. The molecule has 0 spiro atoms. The number of imidazole rings is 1. The van der Waals surface area contributed by atoms with Gasteiger partial charge in [-0.1, -0.05) is 6.07 Å². The van der Waals surface area contributed by atoms with Crippen LogP contribution in [0.2, 0.25) is 0 Å². The van der Waals surface area contributed by atoms with E-state index in [1.165, 1.54) is 11.2 Å². The molecule has 1 aromatic heterocycles. The quantitative estimate of drug-likeness (QED) is 0.853. The molecule has 2 heterocycles. The van der Waals surface area contributed by atoms with Crippen LogP contribution in [-0.4, -0.2) is 33.3 Å². The first kappa shape index (κ1) is 12.9. The monoisotopic (exact) mass is 334 g/mol. The lowest BCUT2D eigenvalue weighted by Crippen LogP contribution is -2.26. The number of halogens is 1. The second-order valence-electron chi connectivity index (χ2n) is 4.57. The van der Waals surface area contributed by atoms with E-state index in [1.807, 2.05) is 18.2 Å². The van der Waals surface area contributed by atoms with E-state index < -0.39 is 5.91 Å². The first-order chi connectivity index (χ1) is 9.50. The highest BCUT2D eigenvalue weighted by Crippen LogP contribution is 2.30. The molecule has 0 unspecified atom stereocenters. The number of aromatic nitrogens is 2. The fourth-order valence-corrected chi connectivity index (χ4v) is 2.88. The van der Waals surface area contributed by atoms with E-state index >= 15 is 0 Å². The fourth-order valence-electron chi connectivity index (χ4n) is 2.35. The van der Waals surface area contributed by atoms with Gasteiger partial charge in [0.15, 0.2) is 5.69 Å². The number of benzene rings is 1. The van der Waals surface area contributed by atoms with Crippen LogP contribution in [0.25, 0.3) is 5.69 Å². The van der Waals surface area contributed by atoms with Gasteiger partial charge in [-0.05, 0) is 28.1 Å². The second-order valence-corrected chi connectivity index (χ2v) is 5.42. The van der Waals surface area contributed by atoms with Gasteiger partial charge in [0, 0.05) is 11.5 Å². The largest absolute Gasteiger partial charge is 0.364 e. The summed E-state index contributed by atoms with van der Waals surface area (Å²) in [5.74, 6) is -0.718. The molecule has 1 aromatic carbocycles. The number of carbonyl (C=O) groups excluding carboxylic acids is 2. The minimum atomic E-state index is -0.599. The maximum absolute atomic E-state index is 12.5. The predicted molar refractivity (Wildman–Crippen MR) is 75.6 cm³/mol. The number of hydrogen-bond donors (Lipinski definition) is 1. The Kier molecular flexibility index (Phi) is 2.86. The maximum atomic E-state index is 12.5. The highest BCUT2D eigenvalue weighted by atomic mass is 79.9. The number of carbonyl (C=O) groups is 2. The van der Waals surface area contributed by atoms with Crippen molar-refractivity contribution in [3.05, 3.63) is 46.0 Å². The summed E-state index contributed by atoms with van der Waals surface area (Å²) in [4.78, 5) is 29.5. The van der Waals surface area contributed by atoms with Crippen molar-refractivity contribution < 1.29 is 9.59 Å². The SMILES string of the molecule is CN1Cc2c(C(N)=O)ncn2-c2cccc(Br)c2C1=O. The molecule has 0 bridgehead atoms. The van der Waals surface area contributed by atoms with Crippen LogP contribution < -0.4 is 5.73 Å². The third kappa shape index (κ3) is 1.74. The van der Waals surface area contributed by atoms with Crippen molar-refractivity contribution in [1.82, 2.24) is 14.5 Å². The van der Waals surface area contributed by atoms with Gasteiger partial charge >= 0.3 is 0 Å². The van der Waals surface area contributed by atoms with E-state index in [9.17, 15) is 9.59 Å². The van der Waals surface area contributed by atoms with Crippen molar-refractivity contribution in [2.75, 3.05) is 7.05 Å². The van der Waals surface area contributed by atoms with E-state index in [2.05, 4.69) is 20.9 Å². The maximum Gasteiger partial charge on any atom is 0.269 e. The number of amides is 2. The average molecular weight is 335 g/mol. The van der Waals surface area contributed by atoms with Gasteiger partial charge in [0.2, 0.25) is 0 Å². The van der Waals surface area contributed by atoms with E-state index in [1.54, 1.807) is 11.6 Å². The molecule has 2 amide bonds. The number of primary amides is 1. The van der Waals surface area contributed by atoms with Crippen LogP contribution in [0.4, 0.5) is 0 Å². The molecule has 0 radical (unpaired) electrons. The van der Waals surface area contributed by atoms with Crippen LogP contribution in [0.3, 0.4) is 0 Å². The summed E-state index contributed by atoms with van der Waals surface area (Å²) in [5.41, 5.74) is 7.37. The Morgan fingerprint density at radius 3 is 2.90 bits per heavy atom. The molecule has 0 saturated heterocycles. The summed E-state index contributed by atoms with van der Waals surface area (Å²) in [5, 5.41) is 0. The van der Waals surface area contributed by atoms with Gasteiger partial charge in [-0.15, -0.1) is 0 Å². The molecule has 3 rings (SSSR count). The molecule has 7 heteroatoms. The van der Waals surface area contributed by atoms with E-state index in [0.717, 1.165) is 0 Å². The molecule has 0 fully saturated rings. The molecular formula is C13H11BrN4O2. The zero-order valence-corrected chi connectivity index (χ0v) is 12.2. The second kappa shape index (κ2) is 4.45. The zero-order valence-electron chi connectivity index (χ0n) is 10.6. The van der Waals surface area contributed by atoms with Crippen molar-refractivity contribution in [3.63, 3.8) is 0 Å². The van der Waals surface area contributed by atoms with Crippen LogP contribution in [-0.2, 0) is 6.54 Å². The minimum absolute atomic E-state index is 0.119. The Labute approximate surface area is 123 Å². The minimum Gasteiger partial charge on any atom is -0.364 e. The molecule has 0 aliphatic carbocycles. The molecule has 1 aliphatic rings. The van der Waals surface area contributed by atoms with Gasteiger partial charge in [-0.25, -0.2) is 4.98 Å². The molecule has 6 nitrogen and oxygen atoms in total. The Morgan fingerprint density at radius 2 is 2.20 bits per heavy atom. The van der Waals surface area contributed by atoms with Gasteiger partial charge in [0.05, 0.1) is 23.5 Å². The van der Waals surface area contributed by atoms with Crippen molar-refractivity contribution in [2.45, 2.75) is 6.54 Å². The van der Waals surface area contributed by atoms with Crippen molar-refractivity contribution >= 4 is 27.7 Å². The van der Waals surface area contributed by atoms with Gasteiger partial charge in [-0.2, -0.15) is 0 Å². The van der Waals surface area contributed by atoms with E-state index in [-0.39, 0.29) is 18.1 Å². The standard InChI is InChI=1S/C13H11BrN4O2/c1-17-5-9-11(12(15)19)16-6-18(9)8-4-2-3-7(14)10(8)13(17)20/h2-4,6H,5H2,1H3,(H2,15,19). The number of rotatable bonds is 1. The van der Waals surface area contributed by atoms with Gasteiger partial charge in [0.25, 0.3) is 11.8 Å². The zero-order chi connectivity index (χ0) is 14.4. The number of hydrogen-bond acceptors (Lipinski definition) is 3. The summed E-state index contributed by atoms with van der Waals surface area (Å²) in [7, 11) is 1.68. The molecule has 0 saturated carbocycles. The van der Waals surface area contributed by atoms with Crippen LogP contribution >= 0.6 is 15.9 Å². The number of fused-ring (bicyclic) bond motifs is 3. The topological polar surface area (TPSA) is 81.2 Å². The normalized spacial score (nSPS) is 13.7. The van der Waals surface area contributed by atoms with E-state index in [4.69, 9.17) is 5.73 Å². The van der Waals surface area contributed by atoms with Gasteiger partial charge in [0.1, 0.15) is 6.33 Å². The molecule has 2 N–H and O–H groups in total. The third-order valence-corrected chi connectivity index (χ3v) is 3.96. The Hall–Kier alpha value is -2.15. The summed E-state index contributed by atoms with van der Waals surface area (Å²) in [6.07, 6.45) is 1.52. The smallest absolute Gasteiger partial charge is 0.269 e. The molecule has 0 atom stereocenters. The number of nitrogens with two attached hydrogens (primary N) is 1. The summed E-state index contributed by atoms with van der Waals surface area (Å²) in [6, 6.07) is 5.45. The van der Waals surface area contributed by atoms with Crippen molar-refractivity contribution in [1.29, 1.82) is 0 Å². The lowest BCUT2D eigenvalue weighted by Gasteiger charge is -2.14. The highest BCUT2D eigenvalue weighted by Gasteiger charge is 2.28. The van der Waals surface area contributed by atoms with Crippen LogP contribution in [0.1, 0.15) is 26.5 Å². The molecule has 102 valence electrons. The van der Waals surface area contributed by atoms with Crippen molar-refractivity contribution in [3.8, 4) is 5.69 Å². The fraction of sp³-hybridized carbons (Fsp3) is 0.154.